The molecule has 1 aromatic carbocycles. The Labute approximate surface area is 81.8 Å². The standard InChI is InChI=1S/C10H12FNO2/c1-14-10(13)9(12-11)7-8-5-3-2-4-6-8/h2-6,9,12H,7H2,1H3. The highest BCUT2D eigenvalue weighted by Crippen LogP contribution is 2.04. The summed E-state index contributed by atoms with van der Waals surface area (Å²) < 4.78 is 16.7. The highest BCUT2D eigenvalue weighted by Gasteiger charge is 2.18. The normalized spacial score (nSPS) is 12.1. The number of benzene rings is 1. The van der Waals surface area contributed by atoms with Crippen LogP contribution in [0.3, 0.4) is 0 Å². The number of ether oxygens (including phenoxy) is 1. The average molecular weight is 197 g/mol. The lowest BCUT2D eigenvalue weighted by molar-refractivity contribution is -0.144. The first-order valence-corrected chi connectivity index (χ1v) is 4.26. The quantitative estimate of drug-likeness (QED) is 0.583. The molecule has 14 heavy (non-hydrogen) atoms. The van der Waals surface area contributed by atoms with Crippen molar-refractivity contribution in [3.05, 3.63) is 35.9 Å². The summed E-state index contributed by atoms with van der Waals surface area (Å²) in [5.41, 5.74) is 2.31. The van der Waals surface area contributed by atoms with Crippen molar-refractivity contribution in [2.24, 2.45) is 0 Å². The van der Waals surface area contributed by atoms with E-state index in [1.807, 2.05) is 30.3 Å². The third-order valence-electron chi connectivity index (χ3n) is 1.90. The fourth-order valence-corrected chi connectivity index (χ4v) is 1.16. The number of carbonyl (C=O) groups excluding carboxylic acids is 1. The average Bonchev–Trinajstić information content (AvgIpc) is 2.26. The van der Waals surface area contributed by atoms with E-state index >= 15 is 0 Å². The number of nitrogens with one attached hydrogen (secondary N) is 1. The molecule has 0 aliphatic rings. The zero-order valence-electron chi connectivity index (χ0n) is 7.87. The van der Waals surface area contributed by atoms with Crippen molar-refractivity contribution < 1.29 is 14.0 Å². The monoisotopic (exact) mass is 197 g/mol. The Hall–Kier alpha value is -1.42. The van der Waals surface area contributed by atoms with Gasteiger partial charge in [0.2, 0.25) is 0 Å². The lowest BCUT2D eigenvalue weighted by atomic mass is 10.1. The van der Waals surface area contributed by atoms with Crippen LogP contribution in [0.15, 0.2) is 30.3 Å². The molecule has 4 heteroatoms. The molecule has 0 heterocycles. The van der Waals surface area contributed by atoms with Gasteiger partial charge in [-0.2, -0.15) is 0 Å². The van der Waals surface area contributed by atoms with Gasteiger partial charge in [-0.1, -0.05) is 30.3 Å². The molecule has 0 aliphatic carbocycles. The molecule has 0 spiro atoms. The molecule has 0 saturated carbocycles. The molecular weight excluding hydrogens is 185 g/mol. The predicted octanol–water partition coefficient (Wildman–Crippen LogP) is 1.24. The maximum absolute atomic E-state index is 12.2. The van der Waals surface area contributed by atoms with E-state index in [0.29, 0.717) is 0 Å². The van der Waals surface area contributed by atoms with Crippen molar-refractivity contribution in [1.29, 1.82) is 0 Å². The van der Waals surface area contributed by atoms with Crippen LogP contribution in [0.5, 0.6) is 0 Å². The van der Waals surface area contributed by atoms with Crippen molar-refractivity contribution in [2.45, 2.75) is 12.5 Å². The fraction of sp³-hybridized carbons (Fsp3) is 0.300. The van der Waals surface area contributed by atoms with Gasteiger partial charge in [0, 0.05) is 6.42 Å². The minimum absolute atomic E-state index is 0.282. The van der Waals surface area contributed by atoms with Crippen molar-refractivity contribution in [1.82, 2.24) is 5.54 Å². The Morgan fingerprint density at radius 1 is 1.50 bits per heavy atom. The smallest absolute Gasteiger partial charge is 0.325 e. The molecule has 0 amide bonds. The summed E-state index contributed by atoms with van der Waals surface area (Å²) in [6.45, 7) is 0. The van der Waals surface area contributed by atoms with E-state index in [-0.39, 0.29) is 6.42 Å². The van der Waals surface area contributed by atoms with Crippen LogP contribution in [0.1, 0.15) is 5.56 Å². The summed E-state index contributed by atoms with van der Waals surface area (Å²) in [5.74, 6) is -0.601. The molecule has 1 aromatic rings. The van der Waals surface area contributed by atoms with Gasteiger partial charge in [-0.15, -0.1) is 10.0 Å². The minimum Gasteiger partial charge on any atom is -0.468 e. The second-order valence-electron chi connectivity index (χ2n) is 2.87. The molecule has 0 radical (unpaired) electrons. The second-order valence-corrected chi connectivity index (χ2v) is 2.87. The minimum atomic E-state index is -0.928. The summed E-state index contributed by atoms with van der Waals surface area (Å²) in [6, 6.07) is 8.26. The molecule has 1 N–H and O–H groups in total. The molecule has 1 unspecified atom stereocenters. The van der Waals surface area contributed by atoms with Crippen LogP contribution in [0.4, 0.5) is 4.48 Å². The van der Waals surface area contributed by atoms with Gasteiger partial charge >= 0.3 is 5.97 Å². The Morgan fingerprint density at radius 3 is 2.64 bits per heavy atom. The van der Waals surface area contributed by atoms with Crippen LogP contribution >= 0.6 is 0 Å². The highest BCUT2D eigenvalue weighted by molar-refractivity contribution is 5.75. The Kier molecular flexibility index (Phi) is 4.07. The van der Waals surface area contributed by atoms with E-state index < -0.39 is 12.0 Å². The van der Waals surface area contributed by atoms with Crippen molar-refractivity contribution in [3.8, 4) is 0 Å². The fourth-order valence-electron chi connectivity index (χ4n) is 1.16. The van der Waals surface area contributed by atoms with Crippen LogP contribution in [0, 0.1) is 0 Å². The van der Waals surface area contributed by atoms with Gasteiger partial charge in [0.15, 0.2) is 0 Å². The van der Waals surface area contributed by atoms with Crippen LogP contribution in [0.2, 0.25) is 0 Å². The number of rotatable bonds is 4. The molecule has 0 aromatic heterocycles. The molecule has 0 saturated heterocycles. The summed E-state index contributed by atoms with van der Waals surface area (Å²) >= 11 is 0. The number of hydrogen-bond acceptors (Lipinski definition) is 3. The van der Waals surface area contributed by atoms with E-state index in [2.05, 4.69) is 4.74 Å². The van der Waals surface area contributed by atoms with Crippen molar-refractivity contribution >= 4 is 5.97 Å². The first-order valence-electron chi connectivity index (χ1n) is 4.26. The maximum atomic E-state index is 12.2. The number of hydrogen-bond donors (Lipinski definition) is 1. The molecule has 0 aliphatic heterocycles. The van der Waals surface area contributed by atoms with E-state index in [9.17, 15) is 9.28 Å². The van der Waals surface area contributed by atoms with Gasteiger partial charge in [0.1, 0.15) is 6.04 Å². The number of esters is 1. The van der Waals surface area contributed by atoms with Crippen molar-refractivity contribution in [3.63, 3.8) is 0 Å². The van der Waals surface area contributed by atoms with Gasteiger partial charge in [-0.25, -0.2) is 0 Å². The van der Waals surface area contributed by atoms with Gasteiger partial charge in [0.25, 0.3) is 0 Å². The molecule has 0 fully saturated rings. The van der Waals surface area contributed by atoms with Crippen LogP contribution in [-0.2, 0) is 16.0 Å². The maximum Gasteiger partial charge on any atom is 0.325 e. The predicted molar refractivity (Wildman–Crippen MR) is 50.2 cm³/mol. The van der Waals surface area contributed by atoms with E-state index in [1.165, 1.54) is 12.6 Å². The summed E-state index contributed by atoms with van der Waals surface area (Å²) in [4.78, 5) is 11.0. The number of methoxy groups -OCH3 is 1. The third-order valence-corrected chi connectivity index (χ3v) is 1.90. The molecule has 3 nitrogen and oxygen atoms in total. The number of halogens is 1. The van der Waals surface area contributed by atoms with Gasteiger partial charge in [-0.3, -0.25) is 4.79 Å². The zero-order chi connectivity index (χ0) is 10.4. The lowest BCUT2D eigenvalue weighted by Gasteiger charge is -2.10. The molecule has 0 bridgehead atoms. The highest BCUT2D eigenvalue weighted by atomic mass is 19.2. The van der Waals surface area contributed by atoms with Gasteiger partial charge in [0.05, 0.1) is 7.11 Å². The van der Waals surface area contributed by atoms with Gasteiger partial charge in [-0.05, 0) is 5.56 Å². The molecular formula is C10H12FNO2. The van der Waals surface area contributed by atoms with E-state index in [1.54, 1.807) is 0 Å². The summed E-state index contributed by atoms with van der Waals surface area (Å²) in [7, 11) is 1.23. The molecule has 1 atom stereocenters. The SMILES string of the molecule is COC(=O)C(Cc1ccccc1)NF. The molecule has 76 valence electrons. The van der Waals surface area contributed by atoms with E-state index in [4.69, 9.17) is 0 Å². The first kappa shape index (κ1) is 10.7. The lowest BCUT2D eigenvalue weighted by Crippen LogP contribution is -2.34. The van der Waals surface area contributed by atoms with Crippen LogP contribution < -0.4 is 5.54 Å². The largest absolute Gasteiger partial charge is 0.468 e. The molecule has 1 rings (SSSR count). The third kappa shape index (κ3) is 2.81. The number of carbonyl (C=O) groups is 1. The summed E-state index contributed by atoms with van der Waals surface area (Å²) in [6.07, 6.45) is 0.282. The topological polar surface area (TPSA) is 38.3 Å². The van der Waals surface area contributed by atoms with Gasteiger partial charge < -0.3 is 4.74 Å². The Bertz CT molecular complexity index is 289. The Morgan fingerprint density at radius 2 is 2.14 bits per heavy atom. The van der Waals surface area contributed by atoms with Crippen LogP contribution in [0.25, 0.3) is 0 Å². The summed E-state index contributed by atoms with van der Waals surface area (Å²) in [5, 5.41) is 0. The van der Waals surface area contributed by atoms with Crippen LogP contribution in [-0.4, -0.2) is 19.1 Å². The van der Waals surface area contributed by atoms with Crippen molar-refractivity contribution in [2.75, 3.05) is 7.11 Å². The Balaban J connectivity index is 2.62. The zero-order valence-corrected chi connectivity index (χ0v) is 7.87. The second kappa shape index (κ2) is 5.34. The van der Waals surface area contributed by atoms with E-state index in [0.717, 1.165) is 5.56 Å². The first-order chi connectivity index (χ1) is 6.77.